The summed E-state index contributed by atoms with van der Waals surface area (Å²) in [5.41, 5.74) is 5.83. The molecule has 0 spiro atoms. The number of nitrogens with zero attached hydrogens (tertiary/aromatic N) is 1. The molecule has 1 N–H and O–H groups in total. The number of hydrogen-bond donors (Lipinski definition) is 1. The molecule has 32 heavy (non-hydrogen) atoms. The standard InChI is InChI=1S/C24H23BrCl2N2O3/c1-3-31-23-12-17(13-28-29-14-18-6-4-5-7-22(18)30-2)10-19(25)24(23)32-15-16-8-9-20(26)21(27)11-16/h4-13,29H,3,14-15H2,1-2H3/b28-13-. The molecule has 3 aromatic carbocycles. The van der Waals surface area contributed by atoms with E-state index in [-0.39, 0.29) is 0 Å². The van der Waals surface area contributed by atoms with Gasteiger partial charge < -0.3 is 19.6 Å². The van der Waals surface area contributed by atoms with Gasteiger partial charge in [-0.3, -0.25) is 0 Å². The molecule has 0 heterocycles. The number of methoxy groups -OCH3 is 1. The van der Waals surface area contributed by atoms with Gasteiger partial charge in [0.15, 0.2) is 11.5 Å². The predicted octanol–water partition coefficient (Wildman–Crippen LogP) is 6.87. The van der Waals surface area contributed by atoms with Crippen LogP contribution in [-0.4, -0.2) is 19.9 Å². The second-order valence-electron chi connectivity index (χ2n) is 6.71. The molecule has 3 rings (SSSR count). The Morgan fingerprint density at radius 3 is 2.56 bits per heavy atom. The zero-order valence-electron chi connectivity index (χ0n) is 17.7. The van der Waals surface area contributed by atoms with Crippen LogP contribution in [-0.2, 0) is 13.2 Å². The van der Waals surface area contributed by atoms with E-state index in [1.807, 2.05) is 49.4 Å². The van der Waals surface area contributed by atoms with Crippen molar-refractivity contribution in [3.8, 4) is 17.2 Å². The summed E-state index contributed by atoms with van der Waals surface area (Å²) >= 11 is 15.7. The van der Waals surface area contributed by atoms with E-state index in [9.17, 15) is 0 Å². The highest BCUT2D eigenvalue weighted by Crippen LogP contribution is 2.37. The van der Waals surface area contributed by atoms with Gasteiger partial charge in [-0.05, 0) is 64.3 Å². The van der Waals surface area contributed by atoms with Gasteiger partial charge in [-0.25, -0.2) is 0 Å². The van der Waals surface area contributed by atoms with Crippen LogP contribution in [0.4, 0.5) is 0 Å². The zero-order chi connectivity index (χ0) is 22.9. The van der Waals surface area contributed by atoms with Gasteiger partial charge in [-0.1, -0.05) is 47.5 Å². The van der Waals surface area contributed by atoms with Gasteiger partial charge in [-0.2, -0.15) is 5.10 Å². The van der Waals surface area contributed by atoms with Gasteiger partial charge in [0.1, 0.15) is 12.4 Å². The first-order valence-electron chi connectivity index (χ1n) is 9.92. The zero-order valence-corrected chi connectivity index (χ0v) is 20.8. The van der Waals surface area contributed by atoms with E-state index in [1.54, 1.807) is 25.5 Å². The summed E-state index contributed by atoms with van der Waals surface area (Å²) < 4.78 is 17.9. The second kappa shape index (κ2) is 12.0. The minimum absolute atomic E-state index is 0.323. The molecule has 0 bridgehead atoms. The van der Waals surface area contributed by atoms with Crippen molar-refractivity contribution in [2.45, 2.75) is 20.1 Å². The highest BCUT2D eigenvalue weighted by molar-refractivity contribution is 9.10. The van der Waals surface area contributed by atoms with Gasteiger partial charge in [0.05, 0.1) is 41.0 Å². The number of benzene rings is 3. The Morgan fingerprint density at radius 1 is 1.00 bits per heavy atom. The van der Waals surface area contributed by atoms with Crippen molar-refractivity contribution < 1.29 is 14.2 Å². The van der Waals surface area contributed by atoms with Gasteiger partial charge >= 0.3 is 0 Å². The molecule has 0 aliphatic carbocycles. The van der Waals surface area contributed by atoms with Crippen molar-refractivity contribution in [1.29, 1.82) is 0 Å². The number of halogens is 3. The highest BCUT2D eigenvalue weighted by Gasteiger charge is 2.13. The SMILES string of the molecule is CCOc1cc(/C=N\NCc2ccccc2OC)cc(Br)c1OCc1ccc(Cl)c(Cl)c1. The molecule has 0 radical (unpaired) electrons. The molecule has 0 aliphatic heterocycles. The molecule has 0 fully saturated rings. The molecule has 0 saturated heterocycles. The molecular formula is C24H23BrCl2N2O3. The monoisotopic (exact) mass is 536 g/mol. The summed E-state index contributed by atoms with van der Waals surface area (Å²) in [6.45, 7) is 3.29. The fourth-order valence-corrected chi connectivity index (χ4v) is 3.85. The summed E-state index contributed by atoms with van der Waals surface area (Å²) in [5, 5.41) is 5.32. The van der Waals surface area contributed by atoms with Crippen molar-refractivity contribution in [2.24, 2.45) is 5.10 Å². The maximum Gasteiger partial charge on any atom is 0.175 e. The lowest BCUT2D eigenvalue weighted by molar-refractivity contribution is 0.267. The van der Waals surface area contributed by atoms with Crippen LogP contribution in [0.1, 0.15) is 23.6 Å². The van der Waals surface area contributed by atoms with Crippen LogP contribution in [0.3, 0.4) is 0 Å². The Morgan fingerprint density at radius 2 is 1.81 bits per heavy atom. The lowest BCUT2D eigenvalue weighted by atomic mass is 10.2. The first-order valence-corrected chi connectivity index (χ1v) is 11.5. The predicted molar refractivity (Wildman–Crippen MR) is 134 cm³/mol. The Labute approximate surface area is 206 Å². The summed E-state index contributed by atoms with van der Waals surface area (Å²) in [5.74, 6) is 2.05. The van der Waals surface area contributed by atoms with E-state index in [0.29, 0.717) is 41.3 Å². The Balaban J connectivity index is 1.70. The Bertz CT molecular complexity index is 1090. The summed E-state index contributed by atoms with van der Waals surface area (Å²) in [6, 6.07) is 17.0. The lowest BCUT2D eigenvalue weighted by Crippen LogP contribution is -2.07. The van der Waals surface area contributed by atoms with Crippen molar-refractivity contribution >= 4 is 45.3 Å². The number of para-hydroxylation sites is 1. The fourth-order valence-electron chi connectivity index (χ4n) is 2.95. The van der Waals surface area contributed by atoms with Crippen LogP contribution in [0.25, 0.3) is 0 Å². The molecule has 0 amide bonds. The van der Waals surface area contributed by atoms with E-state index >= 15 is 0 Å². The van der Waals surface area contributed by atoms with Gasteiger partial charge in [0.25, 0.3) is 0 Å². The minimum Gasteiger partial charge on any atom is -0.496 e. The number of nitrogens with one attached hydrogen (secondary N) is 1. The van der Waals surface area contributed by atoms with Crippen LogP contribution in [0.15, 0.2) is 64.2 Å². The maximum absolute atomic E-state index is 6.10. The molecule has 0 aliphatic rings. The molecule has 5 nitrogen and oxygen atoms in total. The third-order valence-electron chi connectivity index (χ3n) is 4.47. The van der Waals surface area contributed by atoms with E-state index in [1.165, 1.54) is 0 Å². The van der Waals surface area contributed by atoms with E-state index < -0.39 is 0 Å². The third kappa shape index (κ3) is 6.55. The topological polar surface area (TPSA) is 52.1 Å². The molecule has 168 valence electrons. The van der Waals surface area contributed by atoms with Crippen LogP contribution in [0.2, 0.25) is 10.0 Å². The fraction of sp³-hybridized carbons (Fsp3) is 0.208. The summed E-state index contributed by atoms with van der Waals surface area (Å²) in [4.78, 5) is 0. The molecule has 0 unspecified atom stereocenters. The van der Waals surface area contributed by atoms with Crippen molar-refractivity contribution in [3.63, 3.8) is 0 Å². The Hall–Kier alpha value is -2.41. The van der Waals surface area contributed by atoms with Gasteiger partial charge in [0.2, 0.25) is 0 Å². The van der Waals surface area contributed by atoms with Crippen LogP contribution in [0, 0.1) is 0 Å². The normalized spacial score (nSPS) is 10.9. The van der Waals surface area contributed by atoms with Crippen molar-refractivity contribution in [3.05, 3.63) is 85.8 Å². The van der Waals surface area contributed by atoms with Gasteiger partial charge in [-0.15, -0.1) is 0 Å². The average molecular weight is 538 g/mol. The molecule has 0 saturated carbocycles. The van der Waals surface area contributed by atoms with Gasteiger partial charge in [0, 0.05) is 5.56 Å². The van der Waals surface area contributed by atoms with Crippen LogP contribution >= 0.6 is 39.1 Å². The average Bonchev–Trinajstić information content (AvgIpc) is 2.79. The van der Waals surface area contributed by atoms with E-state index in [4.69, 9.17) is 37.4 Å². The van der Waals surface area contributed by atoms with Crippen molar-refractivity contribution in [1.82, 2.24) is 5.43 Å². The molecule has 8 heteroatoms. The molecule has 0 aromatic heterocycles. The number of hydrazone groups is 1. The van der Waals surface area contributed by atoms with Crippen LogP contribution < -0.4 is 19.6 Å². The smallest absolute Gasteiger partial charge is 0.175 e. The maximum atomic E-state index is 6.10. The van der Waals surface area contributed by atoms with Crippen molar-refractivity contribution in [2.75, 3.05) is 13.7 Å². The summed E-state index contributed by atoms with van der Waals surface area (Å²) in [7, 11) is 1.65. The first-order chi connectivity index (χ1) is 15.5. The lowest BCUT2D eigenvalue weighted by Gasteiger charge is -2.15. The largest absolute Gasteiger partial charge is 0.496 e. The molecular weight excluding hydrogens is 515 g/mol. The number of ether oxygens (including phenoxy) is 3. The Kier molecular flexibility index (Phi) is 9.09. The second-order valence-corrected chi connectivity index (χ2v) is 8.37. The van der Waals surface area contributed by atoms with E-state index in [0.717, 1.165) is 26.9 Å². The van der Waals surface area contributed by atoms with E-state index in [2.05, 4.69) is 26.5 Å². The number of rotatable bonds is 10. The highest BCUT2D eigenvalue weighted by atomic mass is 79.9. The minimum atomic E-state index is 0.323. The number of hydrogen-bond acceptors (Lipinski definition) is 5. The quantitative estimate of drug-likeness (QED) is 0.226. The first kappa shape index (κ1) is 24.2. The molecule has 3 aromatic rings. The third-order valence-corrected chi connectivity index (χ3v) is 5.79. The van der Waals surface area contributed by atoms with Crippen LogP contribution in [0.5, 0.6) is 17.2 Å². The molecule has 0 atom stereocenters. The summed E-state index contributed by atoms with van der Waals surface area (Å²) in [6.07, 6.45) is 1.73.